The van der Waals surface area contributed by atoms with Gasteiger partial charge in [0.25, 0.3) is 5.91 Å². The van der Waals surface area contributed by atoms with E-state index in [0.717, 1.165) is 42.2 Å². The van der Waals surface area contributed by atoms with Gasteiger partial charge in [-0.2, -0.15) is 5.26 Å². The fraction of sp³-hybridized carbons (Fsp3) is 0.381. The minimum atomic E-state index is -1.22. The zero-order valence-corrected chi connectivity index (χ0v) is 16.1. The maximum atomic E-state index is 14.1. The Bertz CT molecular complexity index is 1130. The van der Waals surface area contributed by atoms with Crippen LogP contribution < -0.4 is 5.32 Å². The molecule has 1 saturated carbocycles. The summed E-state index contributed by atoms with van der Waals surface area (Å²) in [6.45, 7) is 1.44. The summed E-state index contributed by atoms with van der Waals surface area (Å²) < 4.78 is 35.5. The van der Waals surface area contributed by atoms with Crippen LogP contribution in [-0.2, 0) is 0 Å². The molecule has 9 heteroatoms. The third-order valence-corrected chi connectivity index (χ3v) is 6.10. The lowest BCUT2D eigenvalue weighted by molar-refractivity contribution is -0.0531. The molecule has 0 atom stereocenters. The lowest BCUT2D eigenvalue weighted by atomic mass is 9.60. The summed E-state index contributed by atoms with van der Waals surface area (Å²) in [7, 11) is 0.0977. The summed E-state index contributed by atoms with van der Waals surface area (Å²) in [6.07, 6.45) is 3.43. The van der Waals surface area contributed by atoms with Gasteiger partial charge in [-0.3, -0.25) is 9.79 Å². The molecule has 0 bridgehead atoms. The molecular formula is C21H20F2N6O. The molecule has 1 aliphatic carbocycles. The van der Waals surface area contributed by atoms with Gasteiger partial charge in [-0.05, 0) is 31.0 Å². The first kappa shape index (κ1) is 17.4. The van der Waals surface area contributed by atoms with E-state index in [1.165, 1.54) is 4.90 Å². The highest BCUT2D eigenvalue weighted by molar-refractivity contribution is 6.04. The van der Waals surface area contributed by atoms with Gasteiger partial charge in [0.15, 0.2) is 11.6 Å². The SMILES string of the molecule is [2H]CN1CNc2[nH]ccc2C1=NC1CC2(C1)CN(C(=O)c1cc(C#N)cc(F)c1F)C2. The molecule has 2 aliphatic heterocycles. The highest BCUT2D eigenvalue weighted by Gasteiger charge is 2.54. The largest absolute Gasteiger partial charge is 0.354 e. The Kier molecular flexibility index (Phi) is 3.81. The van der Waals surface area contributed by atoms with E-state index in [1.807, 2.05) is 17.2 Å². The van der Waals surface area contributed by atoms with Gasteiger partial charge in [0.2, 0.25) is 0 Å². The zero-order chi connectivity index (χ0) is 21.8. The van der Waals surface area contributed by atoms with Crippen LogP contribution in [-0.4, -0.2) is 59.4 Å². The predicted octanol–water partition coefficient (Wildman–Crippen LogP) is 2.53. The average Bonchev–Trinajstić information content (AvgIpc) is 3.19. The second kappa shape index (κ2) is 6.55. The number of hydrogen-bond acceptors (Lipinski definition) is 4. The van der Waals surface area contributed by atoms with E-state index < -0.39 is 23.1 Å². The van der Waals surface area contributed by atoms with Gasteiger partial charge >= 0.3 is 0 Å². The van der Waals surface area contributed by atoms with Crippen molar-refractivity contribution in [3.63, 3.8) is 0 Å². The van der Waals surface area contributed by atoms with Crippen molar-refractivity contribution in [2.24, 2.45) is 10.4 Å². The van der Waals surface area contributed by atoms with Gasteiger partial charge in [-0.1, -0.05) is 0 Å². The van der Waals surface area contributed by atoms with Gasteiger partial charge in [0.1, 0.15) is 11.7 Å². The standard InChI is InChI=1S/C21H20F2N6O/c1-28-11-26-18-14(2-3-25-18)19(28)27-13-6-21(7-13)9-29(10-21)20(30)15-4-12(8-24)5-16(22)17(15)23/h2-5,13,25-26H,6-7,9-11H2,1H3/i1D. The molecule has 2 fully saturated rings. The van der Waals surface area contributed by atoms with Gasteiger partial charge in [-0.25, -0.2) is 8.78 Å². The van der Waals surface area contributed by atoms with Crippen LogP contribution in [0.25, 0.3) is 0 Å². The van der Waals surface area contributed by atoms with Gasteiger partial charge in [0, 0.05) is 33.1 Å². The molecule has 154 valence electrons. The number of fused-ring (bicyclic) bond motifs is 1. The lowest BCUT2D eigenvalue weighted by Gasteiger charge is -2.58. The topological polar surface area (TPSA) is 87.5 Å². The van der Waals surface area contributed by atoms with E-state index in [2.05, 4.69) is 10.3 Å². The molecule has 0 radical (unpaired) electrons. The van der Waals surface area contributed by atoms with Crippen LogP contribution in [0.3, 0.4) is 0 Å². The van der Waals surface area contributed by atoms with Crippen LogP contribution in [0.4, 0.5) is 14.6 Å². The normalized spacial score (nSPS) is 21.4. The Balaban J connectivity index is 1.25. The van der Waals surface area contributed by atoms with Crippen molar-refractivity contribution in [2.75, 3.05) is 32.1 Å². The van der Waals surface area contributed by atoms with Gasteiger partial charge in [-0.15, -0.1) is 0 Å². The number of aliphatic imine (C=N–C) groups is 1. The molecule has 5 rings (SSSR count). The number of aromatic amines is 1. The third kappa shape index (κ3) is 2.83. The predicted molar refractivity (Wildman–Crippen MR) is 106 cm³/mol. The van der Waals surface area contributed by atoms with Crippen molar-refractivity contribution in [1.82, 2.24) is 14.8 Å². The van der Waals surface area contributed by atoms with Crippen molar-refractivity contribution in [1.29, 1.82) is 5.26 Å². The quantitative estimate of drug-likeness (QED) is 0.795. The van der Waals surface area contributed by atoms with Crippen molar-refractivity contribution < 1.29 is 14.9 Å². The number of amidine groups is 1. The molecule has 1 aromatic heterocycles. The molecule has 3 aliphatic rings. The monoisotopic (exact) mass is 411 g/mol. The molecule has 2 aromatic rings. The van der Waals surface area contributed by atoms with Crippen LogP contribution >= 0.6 is 0 Å². The van der Waals surface area contributed by atoms with E-state index >= 15 is 0 Å². The molecular weight excluding hydrogens is 390 g/mol. The number of likely N-dealkylation sites (tertiary alicyclic amines) is 1. The van der Waals surface area contributed by atoms with Crippen LogP contribution in [0.5, 0.6) is 0 Å². The van der Waals surface area contributed by atoms with Crippen LogP contribution in [0.1, 0.15) is 35.7 Å². The van der Waals surface area contributed by atoms with E-state index in [9.17, 15) is 13.6 Å². The minimum absolute atomic E-state index is 0.0497. The number of nitriles is 1. The maximum absolute atomic E-state index is 14.1. The second-order valence-corrected chi connectivity index (χ2v) is 8.25. The number of benzene rings is 1. The molecule has 3 heterocycles. The molecule has 1 saturated heterocycles. The number of aromatic nitrogens is 1. The maximum Gasteiger partial charge on any atom is 0.257 e. The van der Waals surface area contributed by atoms with E-state index in [-0.39, 0.29) is 24.0 Å². The summed E-state index contributed by atoms with van der Waals surface area (Å²) >= 11 is 0. The Morgan fingerprint density at radius 3 is 2.93 bits per heavy atom. The Labute approximate surface area is 173 Å². The fourth-order valence-corrected chi connectivity index (χ4v) is 4.62. The number of anilines is 1. The smallest absolute Gasteiger partial charge is 0.257 e. The first-order valence-electron chi connectivity index (χ1n) is 10.4. The number of nitrogens with one attached hydrogen (secondary N) is 2. The number of nitrogens with zero attached hydrogens (tertiary/aromatic N) is 4. The Morgan fingerprint density at radius 2 is 2.20 bits per heavy atom. The number of amides is 1. The highest BCUT2D eigenvalue weighted by Crippen LogP contribution is 2.50. The third-order valence-electron chi connectivity index (χ3n) is 6.10. The Morgan fingerprint density at radius 1 is 1.40 bits per heavy atom. The van der Waals surface area contributed by atoms with E-state index in [1.54, 1.807) is 6.07 Å². The van der Waals surface area contributed by atoms with Crippen molar-refractivity contribution >= 4 is 17.6 Å². The van der Waals surface area contributed by atoms with E-state index in [4.69, 9.17) is 11.6 Å². The summed E-state index contributed by atoms with van der Waals surface area (Å²) in [6, 6.07) is 5.66. The second-order valence-electron chi connectivity index (χ2n) is 8.25. The molecule has 7 nitrogen and oxygen atoms in total. The van der Waals surface area contributed by atoms with Crippen molar-refractivity contribution in [2.45, 2.75) is 18.9 Å². The summed E-state index contributed by atoms with van der Waals surface area (Å²) in [5.74, 6) is -1.31. The van der Waals surface area contributed by atoms with Crippen LogP contribution in [0.15, 0.2) is 29.4 Å². The molecule has 1 aromatic carbocycles. The average molecular weight is 411 g/mol. The van der Waals surface area contributed by atoms with Gasteiger partial charge in [0.05, 0.1) is 35.5 Å². The molecule has 30 heavy (non-hydrogen) atoms. The highest BCUT2D eigenvalue weighted by atomic mass is 19.2. The van der Waals surface area contributed by atoms with Crippen LogP contribution in [0, 0.1) is 28.4 Å². The minimum Gasteiger partial charge on any atom is -0.354 e. The summed E-state index contributed by atoms with van der Waals surface area (Å²) in [5.41, 5.74) is 0.413. The van der Waals surface area contributed by atoms with Crippen molar-refractivity contribution in [3.05, 3.63) is 52.7 Å². The number of carbonyl (C=O) groups excluding carboxylic acids is 1. The number of rotatable bonds is 2. The summed E-state index contributed by atoms with van der Waals surface area (Å²) in [5, 5.41) is 12.2. The number of carbonyl (C=O) groups is 1. The van der Waals surface area contributed by atoms with Crippen molar-refractivity contribution in [3.8, 4) is 6.07 Å². The molecule has 1 amide bonds. The van der Waals surface area contributed by atoms with E-state index in [0.29, 0.717) is 19.8 Å². The first-order valence-corrected chi connectivity index (χ1v) is 9.65. The number of hydrogen-bond donors (Lipinski definition) is 2. The number of H-pyrrole nitrogens is 1. The van der Waals surface area contributed by atoms with Crippen LogP contribution in [0.2, 0.25) is 0 Å². The van der Waals surface area contributed by atoms with Gasteiger partial charge < -0.3 is 20.1 Å². The molecule has 1 spiro atoms. The molecule has 0 unspecified atom stereocenters. The molecule has 2 N–H and O–H groups in total. The zero-order valence-electron chi connectivity index (χ0n) is 17.1. The lowest BCUT2D eigenvalue weighted by Crippen LogP contribution is -2.65. The fourth-order valence-electron chi connectivity index (χ4n) is 4.62. The number of halogens is 2. The first-order chi connectivity index (χ1) is 14.9. The summed E-state index contributed by atoms with van der Waals surface area (Å²) in [4.78, 5) is 24.0. The Hall–Kier alpha value is -3.41.